The van der Waals surface area contributed by atoms with Crippen molar-refractivity contribution in [3.63, 3.8) is 0 Å². The predicted octanol–water partition coefficient (Wildman–Crippen LogP) is 3.31. The van der Waals surface area contributed by atoms with Crippen molar-refractivity contribution in [1.29, 1.82) is 0 Å². The number of thioether (sulfide) groups is 1. The molecule has 1 N–H and O–H groups in total. The van der Waals surface area contributed by atoms with E-state index in [0.717, 1.165) is 35.0 Å². The smallest absolute Gasteiger partial charge is 0.256 e. The molecule has 0 bridgehead atoms. The maximum atomic E-state index is 5.67. The molecule has 0 aliphatic heterocycles. The highest BCUT2D eigenvalue weighted by Crippen LogP contribution is 2.23. The van der Waals surface area contributed by atoms with Crippen molar-refractivity contribution in [3.8, 4) is 0 Å². The first kappa shape index (κ1) is 12.5. The molecule has 2 rings (SSSR count). The number of hydrogen-bond acceptors (Lipinski definition) is 4. The number of nitrogens with zero attached hydrogens (tertiary/aromatic N) is 1. The molecule has 92 valence electrons. The molecule has 0 saturated heterocycles. The second kappa shape index (κ2) is 6.07. The van der Waals surface area contributed by atoms with Crippen LogP contribution in [0.4, 0.5) is 0 Å². The number of fused-ring (bicyclic) bond motifs is 1. The lowest BCUT2D eigenvalue weighted by atomic mass is 10.2. The summed E-state index contributed by atoms with van der Waals surface area (Å²) in [6, 6.07) is 8.40. The van der Waals surface area contributed by atoms with Gasteiger partial charge < -0.3 is 9.73 Å². The summed E-state index contributed by atoms with van der Waals surface area (Å²) in [5, 5.41) is 4.21. The van der Waals surface area contributed by atoms with Gasteiger partial charge in [-0.15, -0.1) is 0 Å². The first-order valence-electron chi connectivity index (χ1n) is 6.05. The Balaban J connectivity index is 1.98. The molecule has 17 heavy (non-hydrogen) atoms. The van der Waals surface area contributed by atoms with Crippen LogP contribution >= 0.6 is 11.8 Å². The fourth-order valence-corrected chi connectivity index (χ4v) is 2.70. The predicted molar refractivity (Wildman–Crippen MR) is 72.5 cm³/mol. The molecule has 1 aromatic carbocycles. The number of aromatic nitrogens is 1. The van der Waals surface area contributed by atoms with Crippen LogP contribution in [0.2, 0.25) is 0 Å². The molecule has 1 aromatic heterocycles. The van der Waals surface area contributed by atoms with Gasteiger partial charge in [-0.3, -0.25) is 0 Å². The van der Waals surface area contributed by atoms with E-state index in [9.17, 15) is 0 Å². The van der Waals surface area contributed by atoms with E-state index in [0.29, 0.717) is 6.04 Å². The molecule has 0 spiro atoms. The van der Waals surface area contributed by atoms with E-state index in [2.05, 4.69) is 24.1 Å². The molecule has 0 aliphatic rings. The van der Waals surface area contributed by atoms with Crippen LogP contribution in [0, 0.1) is 0 Å². The highest BCUT2D eigenvalue weighted by Gasteiger charge is 2.09. The Morgan fingerprint density at radius 1 is 1.35 bits per heavy atom. The van der Waals surface area contributed by atoms with Crippen molar-refractivity contribution < 1.29 is 4.42 Å². The average molecular weight is 250 g/mol. The molecular weight excluding hydrogens is 232 g/mol. The van der Waals surface area contributed by atoms with Crippen LogP contribution in [-0.2, 0) is 0 Å². The topological polar surface area (TPSA) is 38.1 Å². The molecule has 0 radical (unpaired) electrons. The number of para-hydroxylation sites is 2. The highest BCUT2D eigenvalue weighted by molar-refractivity contribution is 7.99. The zero-order chi connectivity index (χ0) is 12.1. The second-order valence-corrected chi connectivity index (χ2v) is 4.89. The van der Waals surface area contributed by atoms with Gasteiger partial charge in [0.1, 0.15) is 5.52 Å². The lowest BCUT2D eigenvalue weighted by molar-refractivity contribution is 0.486. The van der Waals surface area contributed by atoms with Crippen LogP contribution in [-0.4, -0.2) is 23.3 Å². The van der Waals surface area contributed by atoms with E-state index in [1.807, 2.05) is 24.3 Å². The van der Waals surface area contributed by atoms with Crippen LogP contribution in [0.3, 0.4) is 0 Å². The summed E-state index contributed by atoms with van der Waals surface area (Å²) in [6.07, 6.45) is 1.13. The lowest BCUT2D eigenvalue weighted by Gasteiger charge is -2.13. The quantitative estimate of drug-likeness (QED) is 0.798. The number of rotatable bonds is 6. The minimum Gasteiger partial charge on any atom is -0.431 e. The van der Waals surface area contributed by atoms with Crippen molar-refractivity contribution in [1.82, 2.24) is 10.3 Å². The highest BCUT2D eigenvalue weighted by atomic mass is 32.2. The van der Waals surface area contributed by atoms with E-state index < -0.39 is 0 Å². The maximum Gasteiger partial charge on any atom is 0.256 e. The molecule has 1 unspecified atom stereocenters. The van der Waals surface area contributed by atoms with Crippen molar-refractivity contribution >= 4 is 22.9 Å². The molecule has 4 heteroatoms. The summed E-state index contributed by atoms with van der Waals surface area (Å²) in [5.41, 5.74) is 1.80. The first-order chi connectivity index (χ1) is 8.33. The monoisotopic (exact) mass is 250 g/mol. The summed E-state index contributed by atoms with van der Waals surface area (Å²) in [7, 11) is 0. The van der Waals surface area contributed by atoms with Crippen LogP contribution in [0.1, 0.15) is 20.3 Å². The molecule has 3 nitrogen and oxygen atoms in total. The van der Waals surface area contributed by atoms with E-state index in [1.54, 1.807) is 11.8 Å². The molecular formula is C13H18N2OS. The molecule has 0 amide bonds. The van der Waals surface area contributed by atoms with Gasteiger partial charge in [0.15, 0.2) is 5.58 Å². The van der Waals surface area contributed by atoms with Crippen LogP contribution < -0.4 is 5.32 Å². The standard InChI is InChI=1S/C13H18N2OS/c1-3-10(14-4-2)9-17-13-15-11-7-5-6-8-12(11)16-13/h5-8,10,14H,3-4,9H2,1-2H3. The first-order valence-corrected chi connectivity index (χ1v) is 7.03. The number of hydrogen-bond donors (Lipinski definition) is 1. The van der Waals surface area contributed by atoms with Crippen LogP contribution in [0.15, 0.2) is 33.9 Å². The van der Waals surface area contributed by atoms with E-state index in [-0.39, 0.29) is 0 Å². The third-order valence-electron chi connectivity index (χ3n) is 2.67. The minimum atomic E-state index is 0.528. The second-order valence-electron chi connectivity index (χ2n) is 3.92. The van der Waals surface area contributed by atoms with E-state index in [4.69, 9.17) is 4.42 Å². The summed E-state index contributed by atoms with van der Waals surface area (Å²) < 4.78 is 5.67. The average Bonchev–Trinajstić information content (AvgIpc) is 2.77. The third kappa shape index (κ3) is 3.23. The van der Waals surface area contributed by atoms with Gasteiger partial charge in [0.05, 0.1) is 0 Å². The van der Waals surface area contributed by atoms with Gasteiger partial charge in [0.2, 0.25) is 0 Å². The molecule has 0 fully saturated rings. The Morgan fingerprint density at radius 3 is 2.88 bits per heavy atom. The Hall–Kier alpha value is -1.00. The Labute approximate surface area is 106 Å². The van der Waals surface area contributed by atoms with Gasteiger partial charge in [-0.25, -0.2) is 4.98 Å². The van der Waals surface area contributed by atoms with Crippen molar-refractivity contribution in [2.24, 2.45) is 0 Å². The molecule has 1 atom stereocenters. The van der Waals surface area contributed by atoms with Crippen LogP contribution in [0.5, 0.6) is 0 Å². The molecule has 0 saturated carbocycles. The number of oxazole rings is 1. The molecule has 1 heterocycles. The maximum absolute atomic E-state index is 5.67. The number of benzene rings is 1. The van der Waals surface area contributed by atoms with E-state index in [1.165, 1.54) is 0 Å². The SMILES string of the molecule is CCNC(CC)CSc1nc2ccccc2o1. The van der Waals surface area contributed by atoms with E-state index >= 15 is 0 Å². The fraction of sp³-hybridized carbons (Fsp3) is 0.462. The van der Waals surface area contributed by atoms with Gasteiger partial charge in [-0.05, 0) is 25.1 Å². The van der Waals surface area contributed by atoms with Gasteiger partial charge >= 0.3 is 0 Å². The van der Waals surface area contributed by atoms with Gasteiger partial charge in [0.25, 0.3) is 5.22 Å². The molecule has 2 aromatic rings. The van der Waals surface area contributed by atoms with Gasteiger partial charge in [0, 0.05) is 11.8 Å². The summed E-state index contributed by atoms with van der Waals surface area (Å²) >= 11 is 1.68. The molecule has 0 aliphatic carbocycles. The van der Waals surface area contributed by atoms with Crippen molar-refractivity contribution in [2.45, 2.75) is 31.5 Å². The third-order valence-corrected chi connectivity index (χ3v) is 3.66. The van der Waals surface area contributed by atoms with Gasteiger partial charge in [-0.2, -0.15) is 0 Å². The van der Waals surface area contributed by atoms with Gasteiger partial charge in [-0.1, -0.05) is 37.7 Å². The zero-order valence-electron chi connectivity index (χ0n) is 10.3. The normalized spacial score (nSPS) is 13.1. The summed E-state index contributed by atoms with van der Waals surface area (Å²) in [5.74, 6) is 0.997. The Kier molecular flexibility index (Phi) is 4.45. The minimum absolute atomic E-state index is 0.528. The summed E-state index contributed by atoms with van der Waals surface area (Å²) in [6.45, 7) is 5.33. The van der Waals surface area contributed by atoms with Crippen LogP contribution in [0.25, 0.3) is 11.1 Å². The summed E-state index contributed by atoms with van der Waals surface area (Å²) in [4.78, 5) is 4.45. The van der Waals surface area contributed by atoms with Crippen molar-refractivity contribution in [3.05, 3.63) is 24.3 Å². The zero-order valence-corrected chi connectivity index (χ0v) is 11.1. The van der Waals surface area contributed by atoms with Crippen molar-refractivity contribution in [2.75, 3.05) is 12.3 Å². The Morgan fingerprint density at radius 2 is 2.18 bits per heavy atom. The number of nitrogens with one attached hydrogen (secondary N) is 1. The fourth-order valence-electron chi connectivity index (χ4n) is 1.69. The lowest BCUT2D eigenvalue weighted by Crippen LogP contribution is -2.30. The Bertz CT molecular complexity index is 436. The largest absolute Gasteiger partial charge is 0.431 e.